The normalized spacial score (nSPS) is 11.6. The molecule has 0 fully saturated rings. The molecule has 0 aliphatic carbocycles. The van der Waals surface area contributed by atoms with Crippen LogP contribution in [0.15, 0.2) is 11.6 Å². The molecule has 1 unspecified atom stereocenters. The summed E-state index contributed by atoms with van der Waals surface area (Å²) in [5, 5.41) is 0. The van der Waals surface area contributed by atoms with Crippen LogP contribution in [0.1, 0.15) is 47.0 Å². The summed E-state index contributed by atoms with van der Waals surface area (Å²) in [6, 6.07) is 0. The molecule has 0 aromatic carbocycles. The molecule has 0 aliphatic heterocycles. The monoisotopic (exact) mass is 157 g/mol. The lowest BCUT2D eigenvalue weighted by Crippen LogP contribution is -1.89. The standard InChI is InChI=1S/C10H20.H3N/c1-5-10(4)8-6-7-9(2)3;/h7,10H,5-6,8H2,1-4H3;1H3. The fourth-order valence-corrected chi connectivity index (χ4v) is 0.861. The molecule has 1 atom stereocenters. The van der Waals surface area contributed by atoms with Gasteiger partial charge in [-0.3, -0.25) is 0 Å². The van der Waals surface area contributed by atoms with Crippen molar-refractivity contribution >= 4 is 0 Å². The molecule has 0 amide bonds. The second-order valence-electron chi connectivity index (χ2n) is 3.37. The van der Waals surface area contributed by atoms with Crippen LogP contribution in [0.5, 0.6) is 0 Å². The van der Waals surface area contributed by atoms with Crippen molar-refractivity contribution in [2.24, 2.45) is 5.92 Å². The van der Waals surface area contributed by atoms with Gasteiger partial charge in [0, 0.05) is 0 Å². The average molecular weight is 157 g/mol. The van der Waals surface area contributed by atoms with E-state index in [9.17, 15) is 0 Å². The van der Waals surface area contributed by atoms with Crippen LogP contribution in [0.25, 0.3) is 0 Å². The maximum absolute atomic E-state index is 2.33. The predicted molar refractivity (Wildman–Crippen MR) is 53.1 cm³/mol. The molecule has 0 heterocycles. The van der Waals surface area contributed by atoms with Crippen LogP contribution in [0.4, 0.5) is 0 Å². The Kier molecular flexibility index (Phi) is 9.44. The van der Waals surface area contributed by atoms with Crippen LogP contribution in [0.2, 0.25) is 0 Å². The Labute approximate surface area is 71.5 Å². The third-order valence-electron chi connectivity index (χ3n) is 1.91. The average Bonchev–Trinajstić information content (AvgIpc) is 1.87. The number of hydrogen-bond donors (Lipinski definition) is 1. The molecule has 0 radical (unpaired) electrons. The first kappa shape index (κ1) is 13.3. The fraction of sp³-hybridized carbons (Fsp3) is 0.800. The Bertz CT molecular complexity index is 101. The zero-order valence-electron chi connectivity index (χ0n) is 8.48. The summed E-state index contributed by atoms with van der Waals surface area (Å²) >= 11 is 0. The van der Waals surface area contributed by atoms with Gasteiger partial charge in [0.25, 0.3) is 0 Å². The molecule has 1 nitrogen and oxygen atoms in total. The van der Waals surface area contributed by atoms with Gasteiger partial charge < -0.3 is 6.15 Å². The van der Waals surface area contributed by atoms with Gasteiger partial charge in [-0.1, -0.05) is 31.9 Å². The molecule has 0 saturated carbocycles. The van der Waals surface area contributed by atoms with Crippen LogP contribution < -0.4 is 6.15 Å². The minimum atomic E-state index is 0. The Balaban J connectivity index is 0. The molecule has 0 aliphatic rings. The van der Waals surface area contributed by atoms with Crippen molar-refractivity contribution in [2.45, 2.75) is 47.0 Å². The molecule has 0 aromatic heterocycles. The Morgan fingerprint density at radius 3 is 2.27 bits per heavy atom. The van der Waals surface area contributed by atoms with E-state index in [-0.39, 0.29) is 6.15 Å². The lowest BCUT2D eigenvalue weighted by atomic mass is 10.0. The highest BCUT2D eigenvalue weighted by Crippen LogP contribution is 2.10. The van der Waals surface area contributed by atoms with Crippen molar-refractivity contribution < 1.29 is 0 Å². The summed E-state index contributed by atoms with van der Waals surface area (Å²) in [5.41, 5.74) is 1.45. The van der Waals surface area contributed by atoms with Crippen molar-refractivity contribution in [3.05, 3.63) is 11.6 Å². The maximum atomic E-state index is 2.33. The highest BCUT2D eigenvalue weighted by molar-refractivity contribution is 4.92. The van der Waals surface area contributed by atoms with Gasteiger partial charge in [0.2, 0.25) is 0 Å². The molecule has 3 N–H and O–H groups in total. The minimum absolute atomic E-state index is 0. The predicted octanol–water partition coefficient (Wildman–Crippen LogP) is 3.94. The number of hydrogen-bond acceptors (Lipinski definition) is 1. The van der Waals surface area contributed by atoms with Gasteiger partial charge in [-0.2, -0.15) is 0 Å². The smallest absolute Gasteiger partial charge is 0.0346 e. The molecular weight excluding hydrogens is 134 g/mol. The maximum Gasteiger partial charge on any atom is -0.0346 e. The molecule has 0 spiro atoms. The van der Waals surface area contributed by atoms with Crippen LogP contribution >= 0.6 is 0 Å². The quantitative estimate of drug-likeness (QED) is 0.616. The van der Waals surface area contributed by atoms with Gasteiger partial charge in [-0.05, 0) is 32.6 Å². The first-order valence-corrected chi connectivity index (χ1v) is 4.30. The molecule has 11 heavy (non-hydrogen) atoms. The zero-order chi connectivity index (χ0) is 7.98. The largest absolute Gasteiger partial charge is 0.344 e. The second kappa shape index (κ2) is 7.80. The summed E-state index contributed by atoms with van der Waals surface area (Å²) < 4.78 is 0. The number of allylic oxidation sites excluding steroid dienone is 2. The molecule has 0 rings (SSSR count). The Morgan fingerprint density at radius 1 is 1.36 bits per heavy atom. The van der Waals surface area contributed by atoms with Gasteiger partial charge in [-0.15, -0.1) is 0 Å². The molecule has 0 bridgehead atoms. The summed E-state index contributed by atoms with van der Waals surface area (Å²) in [6.07, 6.45) is 6.25. The minimum Gasteiger partial charge on any atom is -0.344 e. The van der Waals surface area contributed by atoms with Crippen molar-refractivity contribution in [3.8, 4) is 0 Å². The molecule has 0 aromatic rings. The van der Waals surface area contributed by atoms with E-state index in [1.54, 1.807) is 0 Å². The number of rotatable bonds is 4. The lowest BCUT2D eigenvalue weighted by Gasteiger charge is -2.04. The SMILES string of the molecule is CCC(C)CCC=C(C)C.N. The zero-order valence-corrected chi connectivity index (χ0v) is 8.48. The highest BCUT2D eigenvalue weighted by atomic mass is 14.0. The summed E-state index contributed by atoms with van der Waals surface area (Å²) in [7, 11) is 0. The summed E-state index contributed by atoms with van der Waals surface area (Å²) in [6.45, 7) is 8.90. The first-order valence-electron chi connectivity index (χ1n) is 4.30. The van der Waals surface area contributed by atoms with Crippen LogP contribution in [0, 0.1) is 5.92 Å². The Morgan fingerprint density at radius 2 is 1.91 bits per heavy atom. The van der Waals surface area contributed by atoms with Crippen molar-refractivity contribution in [1.82, 2.24) is 6.15 Å². The van der Waals surface area contributed by atoms with Gasteiger partial charge in [0.1, 0.15) is 0 Å². The summed E-state index contributed by atoms with van der Waals surface area (Å²) in [5.74, 6) is 0.899. The molecule has 68 valence electrons. The Hall–Kier alpha value is -0.300. The molecule has 0 saturated heterocycles. The molecular formula is C10H23N. The van der Waals surface area contributed by atoms with Gasteiger partial charge in [-0.25, -0.2) is 0 Å². The molecule has 1 heteroatoms. The summed E-state index contributed by atoms with van der Waals surface area (Å²) in [4.78, 5) is 0. The van der Waals surface area contributed by atoms with Crippen LogP contribution in [0.3, 0.4) is 0 Å². The van der Waals surface area contributed by atoms with Gasteiger partial charge >= 0.3 is 0 Å². The van der Waals surface area contributed by atoms with E-state index in [0.29, 0.717) is 0 Å². The third kappa shape index (κ3) is 9.70. The van der Waals surface area contributed by atoms with E-state index in [1.165, 1.54) is 24.8 Å². The van der Waals surface area contributed by atoms with Crippen molar-refractivity contribution in [3.63, 3.8) is 0 Å². The van der Waals surface area contributed by atoms with E-state index < -0.39 is 0 Å². The van der Waals surface area contributed by atoms with Crippen molar-refractivity contribution in [1.29, 1.82) is 0 Å². The van der Waals surface area contributed by atoms with E-state index in [2.05, 4.69) is 33.8 Å². The van der Waals surface area contributed by atoms with Crippen LogP contribution in [-0.2, 0) is 0 Å². The van der Waals surface area contributed by atoms with E-state index in [1.807, 2.05) is 0 Å². The topological polar surface area (TPSA) is 35.0 Å². The second-order valence-corrected chi connectivity index (χ2v) is 3.37. The van der Waals surface area contributed by atoms with Gasteiger partial charge in [0.15, 0.2) is 0 Å². The van der Waals surface area contributed by atoms with E-state index in [0.717, 1.165) is 5.92 Å². The highest BCUT2D eigenvalue weighted by Gasteiger charge is 1.94. The van der Waals surface area contributed by atoms with Crippen LogP contribution in [-0.4, -0.2) is 0 Å². The van der Waals surface area contributed by atoms with Gasteiger partial charge in [0.05, 0.1) is 0 Å². The van der Waals surface area contributed by atoms with E-state index in [4.69, 9.17) is 0 Å². The van der Waals surface area contributed by atoms with Crippen molar-refractivity contribution in [2.75, 3.05) is 0 Å². The fourth-order valence-electron chi connectivity index (χ4n) is 0.861. The lowest BCUT2D eigenvalue weighted by molar-refractivity contribution is 0.521. The first-order chi connectivity index (χ1) is 4.66. The third-order valence-corrected chi connectivity index (χ3v) is 1.91. The van der Waals surface area contributed by atoms with E-state index >= 15 is 0 Å².